The number of nitrogens with two attached hydrogens (primary N) is 1. The lowest BCUT2D eigenvalue weighted by Gasteiger charge is -2.03. The maximum Gasteiger partial charge on any atom is 0.138 e. The summed E-state index contributed by atoms with van der Waals surface area (Å²) in [6, 6.07) is 5.59. The van der Waals surface area contributed by atoms with Gasteiger partial charge in [-0.3, -0.25) is 0 Å². The first-order valence-corrected chi connectivity index (χ1v) is 4.36. The lowest BCUT2D eigenvalue weighted by molar-refractivity contribution is 0.415. The van der Waals surface area contributed by atoms with E-state index in [1.807, 2.05) is 24.3 Å². The van der Waals surface area contributed by atoms with Crippen LogP contribution in [0, 0.1) is 0 Å². The van der Waals surface area contributed by atoms with E-state index in [2.05, 4.69) is 0 Å². The molecule has 0 heterocycles. The molecule has 0 aromatic heterocycles. The first-order valence-electron chi connectivity index (χ1n) is 3.98. The predicted molar refractivity (Wildman–Crippen MR) is 56.1 cm³/mol. The molecule has 0 bridgehead atoms. The van der Waals surface area contributed by atoms with Gasteiger partial charge < -0.3 is 10.5 Å². The van der Waals surface area contributed by atoms with Gasteiger partial charge in [-0.1, -0.05) is 29.8 Å². The quantitative estimate of drug-likeness (QED) is 0.807. The highest BCUT2D eigenvalue weighted by molar-refractivity contribution is 6.32. The molecular weight excluding hydrogens is 186 g/mol. The van der Waals surface area contributed by atoms with E-state index in [1.54, 1.807) is 13.2 Å². The largest absolute Gasteiger partial charge is 0.495 e. The highest BCUT2D eigenvalue weighted by Gasteiger charge is 1.98. The van der Waals surface area contributed by atoms with Crippen molar-refractivity contribution < 1.29 is 4.74 Å². The zero-order valence-electron chi connectivity index (χ0n) is 7.46. The van der Waals surface area contributed by atoms with Crippen molar-refractivity contribution in [3.63, 3.8) is 0 Å². The Balaban J connectivity index is 2.92. The van der Waals surface area contributed by atoms with E-state index in [0.29, 0.717) is 17.3 Å². The van der Waals surface area contributed by atoms with E-state index in [9.17, 15) is 0 Å². The van der Waals surface area contributed by atoms with Crippen LogP contribution in [0.1, 0.15) is 5.56 Å². The minimum absolute atomic E-state index is 0.533. The van der Waals surface area contributed by atoms with Gasteiger partial charge in [0.05, 0.1) is 12.1 Å². The molecule has 2 N–H and O–H groups in total. The maximum atomic E-state index is 5.86. The summed E-state index contributed by atoms with van der Waals surface area (Å²) in [5, 5.41) is 0.618. The fraction of sp³-hybridized carbons (Fsp3) is 0.200. The minimum Gasteiger partial charge on any atom is -0.495 e. The van der Waals surface area contributed by atoms with Crippen LogP contribution in [0.5, 0.6) is 5.75 Å². The molecule has 13 heavy (non-hydrogen) atoms. The van der Waals surface area contributed by atoms with Crippen molar-refractivity contribution in [2.24, 2.45) is 5.73 Å². The average molecular weight is 198 g/mol. The summed E-state index contributed by atoms with van der Waals surface area (Å²) in [6.45, 7) is 0.533. The molecule has 1 aromatic carbocycles. The van der Waals surface area contributed by atoms with E-state index >= 15 is 0 Å². The van der Waals surface area contributed by atoms with Crippen molar-refractivity contribution in [1.29, 1.82) is 0 Å². The van der Waals surface area contributed by atoms with Crippen molar-refractivity contribution in [3.05, 3.63) is 34.9 Å². The number of hydrogen-bond acceptors (Lipinski definition) is 2. The molecule has 0 aliphatic carbocycles. The monoisotopic (exact) mass is 197 g/mol. The third-order valence-corrected chi connectivity index (χ3v) is 1.93. The van der Waals surface area contributed by atoms with Crippen molar-refractivity contribution in [2.75, 3.05) is 13.7 Å². The number of halogens is 1. The van der Waals surface area contributed by atoms with Crippen molar-refractivity contribution in [3.8, 4) is 5.75 Å². The van der Waals surface area contributed by atoms with Crippen molar-refractivity contribution in [1.82, 2.24) is 0 Å². The number of methoxy groups -OCH3 is 1. The Bertz CT molecular complexity index is 310. The predicted octanol–water partition coefficient (Wildman–Crippen LogP) is 2.32. The summed E-state index contributed by atoms with van der Waals surface area (Å²) < 4.78 is 5.07. The molecule has 0 radical (unpaired) electrons. The van der Waals surface area contributed by atoms with Crippen molar-refractivity contribution in [2.45, 2.75) is 0 Å². The van der Waals surface area contributed by atoms with Gasteiger partial charge in [0.2, 0.25) is 0 Å². The average Bonchev–Trinajstić information content (AvgIpc) is 2.16. The third-order valence-electron chi connectivity index (χ3n) is 1.62. The third kappa shape index (κ3) is 2.76. The molecule has 2 nitrogen and oxygen atoms in total. The number of rotatable bonds is 3. The summed E-state index contributed by atoms with van der Waals surface area (Å²) in [5.41, 5.74) is 6.37. The number of hydrogen-bond donors (Lipinski definition) is 1. The van der Waals surface area contributed by atoms with Crippen LogP contribution in [-0.2, 0) is 0 Å². The molecule has 0 saturated heterocycles. The molecule has 1 aromatic rings. The fourth-order valence-electron chi connectivity index (χ4n) is 0.984. The zero-order chi connectivity index (χ0) is 9.68. The van der Waals surface area contributed by atoms with Gasteiger partial charge >= 0.3 is 0 Å². The Labute approximate surface area is 83.0 Å². The van der Waals surface area contributed by atoms with Crippen LogP contribution in [0.4, 0.5) is 0 Å². The SMILES string of the molecule is COc1cc(C=CCN)ccc1Cl. The molecule has 70 valence electrons. The second-order valence-electron chi connectivity index (χ2n) is 2.53. The standard InChI is InChI=1S/C10H12ClNO/c1-13-10-7-8(3-2-6-12)4-5-9(10)11/h2-5,7H,6,12H2,1H3. The van der Waals surface area contributed by atoms with Crippen LogP contribution in [0.3, 0.4) is 0 Å². The molecule has 0 aliphatic rings. The van der Waals surface area contributed by atoms with Gasteiger partial charge in [-0.2, -0.15) is 0 Å². The smallest absolute Gasteiger partial charge is 0.138 e. The topological polar surface area (TPSA) is 35.2 Å². The van der Waals surface area contributed by atoms with Crippen LogP contribution in [0.15, 0.2) is 24.3 Å². The molecule has 0 saturated carbocycles. The fourth-order valence-corrected chi connectivity index (χ4v) is 1.18. The lowest BCUT2D eigenvalue weighted by atomic mass is 10.2. The first kappa shape index (κ1) is 10.1. The van der Waals surface area contributed by atoms with Crippen LogP contribution in [0.25, 0.3) is 6.08 Å². The van der Waals surface area contributed by atoms with E-state index in [1.165, 1.54) is 0 Å². The summed E-state index contributed by atoms with van der Waals surface area (Å²) >= 11 is 5.86. The number of benzene rings is 1. The van der Waals surface area contributed by atoms with Gasteiger partial charge in [-0.05, 0) is 17.7 Å². The molecule has 0 amide bonds. The maximum absolute atomic E-state index is 5.86. The van der Waals surface area contributed by atoms with Gasteiger partial charge in [-0.15, -0.1) is 0 Å². The molecule has 3 heteroatoms. The van der Waals surface area contributed by atoms with E-state index < -0.39 is 0 Å². The summed E-state index contributed by atoms with van der Waals surface area (Å²) in [7, 11) is 1.59. The molecular formula is C10H12ClNO. The van der Waals surface area contributed by atoms with Crippen LogP contribution in [0.2, 0.25) is 5.02 Å². The Morgan fingerprint density at radius 2 is 2.31 bits per heavy atom. The molecule has 0 atom stereocenters. The lowest BCUT2D eigenvalue weighted by Crippen LogP contribution is -1.92. The highest BCUT2D eigenvalue weighted by Crippen LogP contribution is 2.25. The molecule has 0 unspecified atom stereocenters. The van der Waals surface area contributed by atoms with Gasteiger partial charge in [0, 0.05) is 6.54 Å². The Kier molecular flexibility index (Phi) is 3.80. The highest BCUT2D eigenvalue weighted by atomic mass is 35.5. The van der Waals surface area contributed by atoms with E-state index in [-0.39, 0.29) is 0 Å². The zero-order valence-corrected chi connectivity index (χ0v) is 8.21. The van der Waals surface area contributed by atoms with Gasteiger partial charge in [0.15, 0.2) is 0 Å². The van der Waals surface area contributed by atoms with E-state index in [0.717, 1.165) is 5.56 Å². The molecule has 0 spiro atoms. The van der Waals surface area contributed by atoms with Crippen LogP contribution in [-0.4, -0.2) is 13.7 Å². The molecule has 1 rings (SSSR count). The van der Waals surface area contributed by atoms with Crippen LogP contribution < -0.4 is 10.5 Å². The van der Waals surface area contributed by atoms with Gasteiger partial charge in [-0.25, -0.2) is 0 Å². The Morgan fingerprint density at radius 3 is 2.92 bits per heavy atom. The normalized spacial score (nSPS) is 10.7. The van der Waals surface area contributed by atoms with Gasteiger partial charge in [0.1, 0.15) is 5.75 Å². The molecule has 0 aliphatic heterocycles. The second-order valence-corrected chi connectivity index (χ2v) is 2.94. The van der Waals surface area contributed by atoms with Crippen LogP contribution >= 0.6 is 11.6 Å². The first-order chi connectivity index (χ1) is 6.27. The minimum atomic E-state index is 0.533. The molecule has 0 fully saturated rings. The second kappa shape index (κ2) is 4.90. The van der Waals surface area contributed by atoms with Crippen molar-refractivity contribution >= 4 is 17.7 Å². The Hall–Kier alpha value is -0.990. The summed E-state index contributed by atoms with van der Waals surface area (Å²) in [6.07, 6.45) is 3.81. The summed E-state index contributed by atoms with van der Waals surface area (Å²) in [5.74, 6) is 0.681. The van der Waals surface area contributed by atoms with E-state index in [4.69, 9.17) is 22.1 Å². The summed E-state index contributed by atoms with van der Waals surface area (Å²) in [4.78, 5) is 0. The van der Waals surface area contributed by atoms with Gasteiger partial charge in [0.25, 0.3) is 0 Å². The number of ether oxygens (including phenoxy) is 1. The Morgan fingerprint density at radius 1 is 1.54 bits per heavy atom.